The minimum Gasteiger partial charge on any atom is -0.494 e. The molecule has 2 aromatic heterocycles. The number of carboxylic acid groups (broad SMARTS) is 1. The van der Waals surface area contributed by atoms with Crippen LogP contribution in [0, 0.1) is 25.6 Å². The highest BCUT2D eigenvalue weighted by Crippen LogP contribution is 2.41. The van der Waals surface area contributed by atoms with Crippen molar-refractivity contribution in [1.82, 2.24) is 14.5 Å². The predicted molar refractivity (Wildman–Crippen MR) is 138 cm³/mol. The van der Waals surface area contributed by atoms with E-state index in [2.05, 4.69) is 24.6 Å². The molecule has 194 valence electrons. The average Bonchev–Trinajstić information content (AvgIpc) is 3.57. The molecule has 0 unspecified atom stereocenters. The third-order valence-electron chi connectivity index (χ3n) is 6.38. The zero-order valence-electron chi connectivity index (χ0n) is 21.8. The fourth-order valence-corrected chi connectivity index (χ4v) is 4.85. The van der Waals surface area contributed by atoms with Gasteiger partial charge in [-0.25, -0.2) is 19.2 Å². The van der Waals surface area contributed by atoms with Crippen molar-refractivity contribution in [3.05, 3.63) is 35.0 Å². The molecule has 1 N–H and O–H groups in total. The molecule has 1 aromatic carbocycles. The van der Waals surface area contributed by atoms with Gasteiger partial charge in [0.25, 0.3) is 0 Å². The number of aromatic nitrogens is 3. The van der Waals surface area contributed by atoms with E-state index in [-0.39, 0.29) is 18.0 Å². The molecule has 8 nitrogen and oxygen atoms in total. The van der Waals surface area contributed by atoms with Gasteiger partial charge in [0.05, 0.1) is 19.2 Å². The summed E-state index contributed by atoms with van der Waals surface area (Å²) in [7, 11) is 0.0961. The lowest BCUT2D eigenvalue weighted by Gasteiger charge is -2.18. The molecule has 0 spiro atoms. The van der Waals surface area contributed by atoms with Crippen molar-refractivity contribution < 1.29 is 28.5 Å². The zero-order valence-corrected chi connectivity index (χ0v) is 22.8. The van der Waals surface area contributed by atoms with Crippen LogP contribution in [0.15, 0.2) is 12.1 Å². The molecular formula is C26H34FN3O5Si. The number of methoxy groups -OCH3 is 1. The van der Waals surface area contributed by atoms with E-state index >= 15 is 0 Å². The van der Waals surface area contributed by atoms with E-state index in [0.717, 1.165) is 18.9 Å². The van der Waals surface area contributed by atoms with Crippen molar-refractivity contribution in [2.24, 2.45) is 5.92 Å². The molecule has 1 saturated carbocycles. The number of aromatic carboxylic acids is 1. The number of hydrogen-bond acceptors (Lipinski definition) is 6. The monoisotopic (exact) mass is 515 g/mol. The largest absolute Gasteiger partial charge is 0.494 e. The second-order valence-corrected chi connectivity index (χ2v) is 16.2. The van der Waals surface area contributed by atoms with Crippen LogP contribution >= 0.6 is 0 Å². The molecule has 36 heavy (non-hydrogen) atoms. The minimum absolute atomic E-state index is 0.0489. The van der Waals surface area contributed by atoms with E-state index in [1.807, 2.05) is 0 Å². The van der Waals surface area contributed by atoms with E-state index < -0.39 is 19.9 Å². The zero-order chi connectivity index (χ0) is 26.2. The summed E-state index contributed by atoms with van der Waals surface area (Å²) in [6.07, 6.45) is 2.17. The standard InChI is InChI=1S/C26H34FN3O5Si/c1-15-22(26(31)32)24-25(30(15)14-34-9-10-36(4,5)6)23(28-16(2)29-24)18-11-21(33-3)19(27)12-20(18)35-13-17-7-8-17/h11-12,17H,7-10,13-14H2,1-6H3,(H,31,32). The van der Waals surface area contributed by atoms with Gasteiger partial charge in [0.15, 0.2) is 11.6 Å². The SMILES string of the molecule is COc1cc(-c2nc(C)nc3c(C(=O)O)c(C)n(COCC[Si](C)(C)C)c23)c(OCC2CC2)cc1F. The smallest absolute Gasteiger partial charge is 0.339 e. The third-order valence-corrected chi connectivity index (χ3v) is 8.08. The van der Waals surface area contributed by atoms with Crippen LogP contribution in [0.4, 0.5) is 4.39 Å². The van der Waals surface area contributed by atoms with Crippen molar-refractivity contribution in [3.63, 3.8) is 0 Å². The summed E-state index contributed by atoms with van der Waals surface area (Å²) >= 11 is 0. The Morgan fingerprint density at radius 1 is 1.19 bits per heavy atom. The number of carbonyl (C=O) groups is 1. The summed E-state index contributed by atoms with van der Waals surface area (Å²) in [5.41, 5.74) is 2.40. The van der Waals surface area contributed by atoms with Gasteiger partial charge in [-0.15, -0.1) is 0 Å². The highest BCUT2D eigenvalue weighted by atomic mass is 28.3. The topological polar surface area (TPSA) is 95.7 Å². The maximum Gasteiger partial charge on any atom is 0.339 e. The summed E-state index contributed by atoms with van der Waals surface area (Å²) in [6.45, 7) is 11.5. The summed E-state index contributed by atoms with van der Waals surface area (Å²) in [5, 5.41) is 10.0. The van der Waals surface area contributed by atoms with Gasteiger partial charge >= 0.3 is 5.97 Å². The van der Waals surface area contributed by atoms with Gasteiger partial charge in [-0.3, -0.25) is 0 Å². The van der Waals surface area contributed by atoms with Crippen molar-refractivity contribution in [3.8, 4) is 22.8 Å². The van der Waals surface area contributed by atoms with E-state index in [1.54, 1.807) is 24.5 Å². The van der Waals surface area contributed by atoms with Crippen molar-refractivity contribution in [2.45, 2.75) is 59.1 Å². The molecule has 2 heterocycles. The van der Waals surface area contributed by atoms with Crippen LogP contribution in [0.3, 0.4) is 0 Å². The normalized spacial score (nSPS) is 13.9. The van der Waals surface area contributed by atoms with E-state index in [1.165, 1.54) is 13.2 Å². The minimum atomic E-state index is -1.30. The van der Waals surface area contributed by atoms with Gasteiger partial charge in [-0.2, -0.15) is 0 Å². The van der Waals surface area contributed by atoms with Gasteiger partial charge < -0.3 is 23.9 Å². The Labute approximate surface area is 211 Å². The number of benzene rings is 1. The Morgan fingerprint density at radius 3 is 2.53 bits per heavy atom. The van der Waals surface area contributed by atoms with Crippen LogP contribution in [-0.4, -0.2) is 54.0 Å². The van der Waals surface area contributed by atoms with Crippen LogP contribution in [0.25, 0.3) is 22.3 Å². The first-order valence-electron chi connectivity index (χ1n) is 12.2. The van der Waals surface area contributed by atoms with Gasteiger partial charge in [0.1, 0.15) is 35.1 Å². The molecule has 1 fully saturated rings. The lowest BCUT2D eigenvalue weighted by atomic mass is 10.1. The maximum absolute atomic E-state index is 14.7. The van der Waals surface area contributed by atoms with Crippen molar-refractivity contribution >= 4 is 25.1 Å². The Bertz CT molecular complexity index is 1300. The number of rotatable bonds is 11. The molecule has 1 aliphatic rings. The fourth-order valence-electron chi connectivity index (χ4n) is 4.10. The Hall–Kier alpha value is -2.98. The van der Waals surface area contributed by atoms with Gasteiger partial charge in [0.2, 0.25) is 0 Å². The lowest BCUT2D eigenvalue weighted by Crippen LogP contribution is -2.22. The molecule has 0 amide bonds. The average molecular weight is 516 g/mol. The summed E-state index contributed by atoms with van der Waals surface area (Å²) in [4.78, 5) is 21.5. The molecule has 3 aromatic rings. The highest BCUT2D eigenvalue weighted by molar-refractivity contribution is 6.76. The van der Waals surface area contributed by atoms with Gasteiger partial charge in [0, 0.05) is 32.0 Å². The van der Waals surface area contributed by atoms with E-state index in [4.69, 9.17) is 19.2 Å². The van der Waals surface area contributed by atoms with Gasteiger partial charge in [-0.05, 0) is 44.7 Å². The second-order valence-electron chi connectivity index (χ2n) is 10.6. The predicted octanol–water partition coefficient (Wildman–Crippen LogP) is 5.66. The van der Waals surface area contributed by atoms with Crippen LogP contribution in [-0.2, 0) is 11.5 Å². The van der Waals surface area contributed by atoms with Gasteiger partial charge in [-0.1, -0.05) is 19.6 Å². The quantitative estimate of drug-likeness (QED) is 0.260. The third kappa shape index (κ3) is 5.54. The number of halogens is 1. The highest BCUT2D eigenvalue weighted by Gasteiger charge is 2.28. The van der Waals surface area contributed by atoms with Crippen LogP contribution in [0.2, 0.25) is 25.7 Å². The molecule has 0 atom stereocenters. The first-order valence-corrected chi connectivity index (χ1v) is 15.9. The van der Waals surface area contributed by atoms with E-state index in [9.17, 15) is 14.3 Å². The van der Waals surface area contributed by atoms with E-state index in [0.29, 0.717) is 58.7 Å². The number of aryl methyl sites for hydroxylation is 1. The molecule has 0 aliphatic heterocycles. The molecule has 0 saturated heterocycles. The first-order chi connectivity index (χ1) is 17.0. The molecule has 1 aliphatic carbocycles. The Morgan fingerprint density at radius 2 is 1.92 bits per heavy atom. The number of fused-ring (bicyclic) bond motifs is 1. The molecular weight excluding hydrogens is 481 g/mol. The molecule has 0 bridgehead atoms. The molecule has 10 heteroatoms. The second kappa shape index (κ2) is 10.2. The number of ether oxygens (including phenoxy) is 3. The fraction of sp³-hybridized carbons (Fsp3) is 0.500. The Kier molecular flexibility index (Phi) is 7.38. The number of hydrogen-bond donors (Lipinski definition) is 1. The van der Waals surface area contributed by atoms with Crippen LogP contribution in [0.1, 0.15) is 34.7 Å². The summed E-state index contributed by atoms with van der Waals surface area (Å²) in [6, 6.07) is 3.84. The molecule has 4 rings (SSSR count). The number of nitrogens with zero attached hydrogens (tertiary/aromatic N) is 3. The van der Waals surface area contributed by atoms with Crippen LogP contribution < -0.4 is 9.47 Å². The van der Waals surface area contributed by atoms with Crippen molar-refractivity contribution in [2.75, 3.05) is 20.3 Å². The summed E-state index contributed by atoms with van der Waals surface area (Å²) in [5.74, 6) is -0.381. The van der Waals surface area contributed by atoms with Crippen LogP contribution in [0.5, 0.6) is 11.5 Å². The first kappa shape index (κ1) is 26.1. The Balaban J connectivity index is 1.89. The summed E-state index contributed by atoms with van der Waals surface area (Å²) < 4.78 is 33.8. The maximum atomic E-state index is 14.7. The van der Waals surface area contributed by atoms with Crippen molar-refractivity contribution in [1.29, 1.82) is 0 Å². The lowest BCUT2D eigenvalue weighted by molar-refractivity contribution is 0.0694. The molecule has 0 radical (unpaired) electrons. The number of carboxylic acids is 1.